The maximum absolute atomic E-state index is 13.5. The fourth-order valence-corrected chi connectivity index (χ4v) is 2.50. The van der Waals surface area contributed by atoms with Gasteiger partial charge in [-0.1, -0.05) is 45.0 Å². The van der Waals surface area contributed by atoms with E-state index in [2.05, 4.69) is 20.8 Å². The summed E-state index contributed by atoms with van der Waals surface area (Å²) in [6, 6.07) is 11.9. The molecule has 0 amide bonds. The lowest BCUT2D eigenvalue weighted by Crippen LogP contribution is -2.16. The average molecular weight is 288 g/mol. The zero-order chi connectivity index (χ0) is 15.6. The van der Waals surface area contributed by atoms with Gasteiger partial charge in [0.25, 0.3) is 0 Å². The predicted molar refractivity (Wildman–Crippen MR) is 82.2 cm³/mol. The molecule has 0 heterocycles. The van der Waals surface area contributed by atoms with Crippen molar-refractivity contribution in [2.45, 2.75) is 32.3 Å². The van der Waals surface area contributed by atoms with Gasteiger partial charge in [-0.25, -0.2) is 4.39 Å². The van der Waals surface area contributed by atoms with Crippen LogP contribution in [-0.2, 0) is 5.41 Å². The Labute approximate surface area is 125 Å². The molecule has 3 heteroatoms. The summed E-state index contributed by atoms with van der Waals surface area (Å²) in [6.07, 6.45) is -0.925. The number of aliphatic hydroxyl groups is 1. The van der Waals surface area contributed by atoms with Crippen LogP contribution in [0.1, 0.15) is 43.6 Å². The van der Waals surface area contributed by atoms with E-state index in [1.807, 2.05) is 24.3 Å². The summed E-state index contributed by atoms with van der Waals surface area (Å²) in [6.45, 7) is 6.25. The molecule has 1 N–H and O–H groups in total. The molecule has 2 aromatic carbocycles. The first-order chi connectivity index (χ1) is 9.84. The third-order valence-corrected chi connectivity index (χ3v) is 3.55. The summed E-state index contributed by atoms with van der Waals surface area (Å²) in [7, 11) is 1.51. The second-order valence-corrected chi connectivity index (χ2v) is 6.13. The molecule has 2 rings (SSSR count). The lowest BCUT2D eigenvalue weighted by molar-refractivity contribution is 0.211. The molecule has 0 aliphatic carbocycles. The first-order valence-electron chi connectivity index (χ1n) is 6.95. The lowest BCUT2D eigenvalue weighted by Gasteiger charge is -2.26. The maximum Gasteiger partial charge on any atom is 0.125 e. The van der Waals surface area contributed by atoms with Gasteiger partial charge in [0, 0.05) is 5.56 Å². The summed E-state index contributed by atoms with van der Waals surface area (Å²) in [5.41, 5.74) is 2.13. The van der Waals surface area contributed by atoms with Crippen LogP contribution in [0.15, 0.2) is 42.5 Å². The van der Waals surface area contributed by atoms with E-state index in [9.17, 15) is 9.50 Å². The molecule has 0 aliphatic heterocycles. The molecule has 0 fully saturated rings. The molecule has 0 saturated heterocycles. The number of benzene rings is 2. The fraction of sp³-hybridized carbons (Fsp3) is 0.333. The minimum Gasteiger partial charge on any atom is -0.496 e. The number of ether oxygens (including phenoxy) is 1. The van der Waals surface area contributed by atoms with Crippen LogP contribution in [0.2, 0.25) is 0 Å². The molecule has 2 aromatic rings. The van der Waals surface area contributed by atoms with E-state index in [-0.39, 0.29) is 5.41 Å². The van der Waals surface area contributed by atoms with Gasteiger partial charge in [-0.3, -0.25) is 0 Å². The van der Waals surface area contributed by atoms with Crippen LogP contribution < -0.4 is 4.74 Å². The van der Waals surface area contributed by atoms with Crippen LogP contribution in [0, 0.1) is 5.82 Å². The molecular weight excluding hydrogens is 267 g/mol. The van der Waals surface area contributed by atoms with Crippen molar-refractivity contribution in [3.63, 3.8) is 0 Å². The van der Waals surface area contributed by atoms with E-state index in [1.54, 1.807) is 0 Å². The van der Waals surface area contributed by atoms with E-state index < -0.39 is 11.9 Å². The highest BCUT2D eigenvalue weighted by Crippen LogP contribution is 2.36. The number of aliphatic hydroxyl groups excluding tert-OH is 1. The van der Waals surface area contributed by atoms with Gasteiger partial charge in [-0.15, -0.1) is 0 Å². The molecule has 21 heavy (non-hydrogen) atoms. The molecule has 0 radical (unpaired) electrons. The standard InChI is InChI=1S/C18H21FO2/c1-18(2,3)15-8-6-5-7-13(15)17(20)14-11-12(19)9-10-16(14)21-4/h5-11,17,20H,1-4H3. The number of halogens is 1. The lowest BCUT2D eigenvalue weighted by atomic mass is 9.81. The molecule has 112 valence electrons. The molecule has 2 nitrogen and oxygen atoms in total. The third-order valence-electron chi connectivity index (χ3n) is 3.55. The molecule has 0 spiro atoms. The number of hydrogen-bond donors (Lipinski definition) is 1. The molecular formula is C18H21FO2. The molecule has 0 aliphatic rings. The van der Waals surface area contributed by atoms with Gasteiger partial charge in [0.05, 0.1) is 7.11 Å². The van der Waals surface area contributed by atoms with Gasteiger partial charge < -0.3 is 9.84 Å². The summed E-state index contributed by atoms with van der Waals surface area (Å²) < 4.78 is 18.8. The smallest absolute Gasteiger partial charge is 0.125 e. The number of hydrogen-bond acceptors (Lipinski definition) is 2. The van der Waals surface area contributed by atoms with Crippen LogP contribution >= 0.6 is 0 Å². The normalized spacial score (nSPS) is 13.0. The highest BCUT2D eigenvalue weighted by atomic mass is 19.1. The van der Waals surface area contributed by atoms with E-state index in [4.69, 9.17) is 4.74 Å². The van der Waals surface area contributed by atoms with E-state index in [1.165, 1.54) is 25.3 Å². The average Bonchev–Trinajstić information content (AvgIpc) is 2.45. The van der Waals surface area contributed by atoms with E-state index in [0.29, 0.717) is 11.3 Å². The zero-order valence-corrected chi connectivity index (χ0v) is 12.9. The Kier molecular flexibility index (Phi) is 4.33. The van der Waals surface area contributed by atoms with Crippen molar-refractivity contribution in [3.8, 4) is 5.75 Å². The van der Waals surface area contributed by atoms with Crippen LogP contribution in [0.4, 0.5) is 4.39 Å². The van der Waals surface area contributed by atoms with Crippen molar-refractivity contribution in [2.24, 2.45) is 0 Å². The SMILES string of the molecule is COc1ccc(F)cc1C(O)c1ccccc1C(C)(C)C. The van der Waals surface area contributed by atoms with Crippen LogP contribution in [-0.4, -0.2) is 12.2 Å². The van der Waals surface area contributed by atoms with Crippen molar-refractivity contribution in [1.29, 1.82) is 0 Å². The Morgan fingerprint density at radius 3 is 2.33 bits per heavy atom. The second-order valence-electron chi connectivity index (χ2n) is 6.13. The van der Waals surface area contributed by atoms with Crippen molar-refractivity contribution >= 4 is 0 Å². The zero-order valence-electron chi connectivity index (χ0n) is 12.9. The molecule has 0 bridgehead atoms. The van der Waals surface area contributed by atoms with Gasteiger partial charge in [-0.05, 0) is 34.7 Å². The van der Waals surface area contributed by atoms with Crippen LogP contribution in [0.3, 0.4) is 0 Å². The maximum atomic E-state index is 13.5. The van der Waals surface area contributed by atoms with Gasteiger partial charge in [0.2, 0.25) is 0 Å². The van der Waals surface area contributed by atoms with Crippen molar-refractivity contribution in [3.05, 3.63) is 65.0 Å². The topological polar surface area (TPSA) is 29.5 Å². The van der Waals surface area contributed by atoms with Crippen LogP contribution in [0.25, 0.3) is 0 Å². The quantitative estimate of drug-likeness (QED) is 0.916. The molecule has 1 atom stereocenters. The van der Waals surface area contributed by atoms with Gasteiger partial charge in [-0.2, -0.15) is 0 Å². The third kappa shape index (κ3) is 3.24. The van der Waals surface area contributed by atoms with Crippen LogP contribution in [0.5, 0.6) is 5.75 Å². The Balaban J connectivity index is 2.56. The van der Waals surface area contributed by atoms with Gasteiger partial charge >= 0.3 is 0 Å². The molecule has 1 unspecified atom stereocenters. The van der Waals surface area contributed by atoms with E-state index >= 15 is 0 Å². The summed E-state index contributed by atoms with van der Waals surface area (Å²) >= 11 is 0. The van der Waals surface area contributed by atoms with Gasteiger partial charge in [0.15, 0.2) is 0 Å². The van der Waals surface area contributed by atoms with Crippen molar-refractivity contribution in [2.75, 3.05) is 7.11 Å². The highest BCUT2D eigenvalue weighted by molar-refractivity contribution is 5.44. The van der Waals surface area contributed by atoms with Crippen molar-refractivity contribution < 1.29 is 14.2 Å². The first kappa shape index (κ1) is 15.5. The Hall–Kier alpha value is -1.87. The number of methoxy groups -OCH3 is 1. The Morgan fingerprint density at radius 2 is 1.71 bits per heavy atom. The second kappa shape index (κ2) is 5.86. The van der Waals surface area contributed by atoms with E-state index in [0.717, 1.165) is 11.1 Å². The summed E-state index contributed by atoms with van der Waals surface area (Å²) in [5, 5.41) is 10.7. The first-order valence-corrected chi connectivity index (χ1v) is 6.95. The highest BCUT2D eigenvalue weighted by Gasteiger charge is 2.24. The summed E-state index contributed by atoms with van der Waals surface area (Å²) in [4.78, 5) is 0. The predicted octanol–water partition coefficient (Wildman–Crippen LogP) is 4.21. The Bertz CT molecular complexity index is 629. The molecule has 0 aromatic heterocycles. The number of rotatable bonds is 3. The Morgan fingerprint density at radius 1 is 1.05 bits per heavy atom. The summed E-state index contributed by atoms with van der Waals surface area (Å²) in [5.74, 6) is 0.0886. The minimum atomic E-state index is -0.925. The fourth-order valence-electron chi connectivity index (χ4n) is 2.50. The monoisotopic (exact) mass is 288 g/mol. The minimum absolute atomic E-state index is 0.113. The van der Waals surface area contributed by atoms with Gasteiger partial charge in [0.1, 0.15) is 17.7 Å². The van der Waals surface area contributed by atoms with Crippen molar-refractivity contribution in [1.82, 2.24) is 0 Å². The largest absolute Gasteiger partial charge is 0.496 e. The molecule has 0 saturated carbocycles.